The van der Waals surface area contributed by atoms with Crippen LogP contribution < -0.4 is 20.1 Å². The second-order valence-electron chi connectivity index (χ2n) is 5.67. The van der Waals surface area contributed by atoms with Crippen molar-refractivity contribution in [1.29, 1.82) is 0 Å². The Hall–Kier alpha value is -2.10. The molecule has 0 bridgehead atoms. The van der Waals surface area contributed by atoms with Gasteiger partial charge in [-0.25, -0.2) is 14.4 Å². The van der Waals surface area contributed by atoms with Gasteiger partial charge in [0, 0.05) is 24.9 Å². The summed E-state index contributed by atoms with van der Waals surface area (Å²) in [6.07, 6.45) is 1.59. The first kappa shape index (κ1) is 22.9. The second kappa shape index (κ2) is 12.3. The zero-order valence-corrected chi connectivity index (χ0v) is 18.1. The molecule has 1 heterocycles. The third kappa shape index (κ3) is 8.42. The zero-order valence-electron chi connectivity index (χ0n) is 15.7. The summed E-state index contributed by atoms with van der Waals surface area (Å²) in [5.74, 6) is 1.44. The molecular weight excluding hydrogens is 462 g/mol. The molecule has 0 spiro atoms. The number of rotatable bonds is 8. The Balaban J connectivity index is 0.00000364. The van der Waals surface area contributed by atoms with Crippen LogP contribution >= 0.6 is 24.0 Å². The average Bonchev–Trinajstić information content (AvgIpc) is 2.64. The van der Waals surface area contributed by atoms with Crippen LogP contribution in [0.3, 0.4) is 0 Å². The molecule has 0 aliphatic heterocycles. The van der Waals surface area contributed by atoms with Gasteiger partial charge in [-0.15, -0.1) is 24.0 Å². The predicted octanol–water partition coefficient (Wildman–Crippen LogP) is 3.37. The lowest BCUT2D eigenvalue weighted by Gasteiger charge is -2.17. The number of benzene rings is 1. The highest BCUT2D eigenvalue weighted by molar-refractivity contribution is 14.0. The molecule has 1 unspecified atom stereocenters. The molecule has 148 valence electrons. The number of aliphatic imine (C=N–C) groups is 1. The summed E-state index contributed by atoms with van der Waals surface area (Å²) >= 11 is 0. The number of halogens is 2. The fourth-order valence-corrected chi connectivity index (χ4v) is 2.19. The standard InChI is InChI=1S/C19H25FN4O2.HI/c1-4-21-19(24-13-15-8-9-18(25-3)22-12-15)23-11-14(2)26-17-7-5-6-16(20)10-17;/h5-10,12,14H,4,11,13H2,1-3H3,(H2,21,23,24);1H. The molecule has 0 aliphatic rings. The maximum Gasteiger partial charge on any atom is 0.212 e. The van der Waals surface area contributed by atoms with Gasteiger partial charge in [-0.1, -0.05) is 12.1 Å². The van der Waals surface area contributed by atoms with E-state index in [0.29, 0.717) is 30.7 Å². The lowest BCUT2D eigenvalue weighted by Crippen LogP contribution is -2.41. The van der Waals surface area contributed by atoms with Gasteiger partial charge >= 0.3 is 0 Å². The van der Waals surface area contributed by atoms with Gasteiger partial charge in [0.1, 0.15) is 17.7 Å². The minimum Gasteiger partial charge on any atom is -0.489 e. The van der Waals surface area contributed by atoms with Crippen LogP contribution in [0, 0.1) is 5.82 Å². The van der Waals surface area contributed by atoms with Crippen molar-refractivity contribution >= 4 is 29.9 Å². The molecule has 0 saturated heterocycles. The third-order valence-electron chi connectivity index (χ3n) is 3.46. The van der Waals surface area contributed by atoms with Crippen molar-refractivity contribution in [2.75, 3.05) is 20.2 Å². The Morgan fingerprint density at radius 3 is 2.70 bits per heavy atom. The number of hydrogen-bond acceptors (Lipinski definition) is 4. The van der Waals surface area contributed by atoms with E-state index in [2.05, 4.69) is 20.6 Å². The van der Waals surface area contributed by atoms with Crippen LogP contribution in [-0.4, -0.2) is 37.2 Å². The van der Waals surface area contributed by atoms with Gasteiger partial charge in [0.05, 0.1) is 20.2 Å². The predicted molar refractivity (Wildman–Crippen MR) is 116 cm³/mol. The fourth-order valence-electron chi connectivity index (χ4n) is 2.19. The molecule has 8 heteroatoms. The summed E-state index contributed by atoms with van der Waals surface area (Å²) in [4.78, 5) is 8.70. The highest BCUT2D eigenvalue weighted by Gasteiger charge is 2.06. The van der Waals surface area contributed by atoms with Gasteiger partial charge < -0.3 is 20.1 Å². The van der Waals surface area contributed by atoms with E-state index in [1.165, 1.54) is 12.1 Å². The van der Waals surface area contributed by atoms with E-state index in [0.717, 1.165) is 12.1 Å². The molecule has 2 rings (SSSR count). The summed E-state index contributed by atoms with van der Waals surface area (Å²) in [5, 5.41) is 6.41. The van der Waals surface area contributed by atoms with Crippen molar-refractivity contribution in [1.82, 2.24) is 15.6 Å². The highest BCUT2D eigenvalue weighted by Crippen LogP contribution is 2.13. The molecule has 2 aromatic rings. The van der Waals surface area contributed by atoms with Crippen LogP contribution in [0.5, 0.6) is 11.6 Å². The quantitative estimate of drug-likeness (QED) is 0.339. The minimum absolute atomic E-state index is 0. The van der Waals surface area contributed by atoms with Gasteiger partial charge in [0.15, 0.2) is 5.96 Å². The first-order valence-electron chi connectivity index (χ1n) is 8.54. The Labute approximate surface area is 176 Å². The highest BCUT2D eigenvalue weighted by atomic mass is 127. The largest absolute Gasteiger partial charge is 0.489 e. The number of methoxy groups -OCH3 is 1. The molecule has 0 amide bonds. The summed E-state index contributed by atoms with van der Waals surface area (Å²) in [6.45, 7) is 5.67. The molecule has 27 heavy (non-hydrogen) atoms. The van der Waals surface area contributed by atoms with Gasteiger partial charge in [-0.2, -0.15) is 0 Å². The SMILES string of the molecule is CCNC(=NCc1ccc(OC)nc1)NCC(C)Oc1cccc(F)c1.I. The number of guanidine groups is 1. The van der Waals surface area contributed by atoms with Gasteiger partial charge in [-0.05, 0) is 31.5 Å². The normalized spacial score (nSPS) is 11.9. The molecule has 1 aromatic heterocycles. The van der Waals surface area contributed by atoms with Crippen LogP contribution in [0.25, 0.3) is 0 Å². The van der Waals surface area contributed by atoms with Crippen molar-refractivity contribution in [2.45, 2.75) is 26.5 Å². The third-order valence-corrected chi connectivity index (χ3v) is 3.46. The van der Waals surface area contributed by atoms with E-state index >= 15 is 0 Å². The Morgan fingerprint density at radius 1 is 1.26 bits per heavy atom. The molecule has 2 N–H and O–H groups in total. The topological polar surface area (TPSA) is 67.8 Å². The van der Waals surface area contributed by atoms with E-state index in [1.54, 1.807) is 31.5 Å². The molecule has 6 nitrogen and oxygen atoms in total. The van der Waals surface area contributed by atoms with Crippen molar-refractivity contribution < 1.29 is 13.9 Å². The van der Waals surface area contributed by atoms with E-state index < -0.39 is 0 Å². The summed E-state index contributed by atoms with van der Waals surface area (Å²) in [6, 6.07) is 9.84. The Morgan fingerprint density at radius 2 is 2.07 bits per heavy atom. The maximum absolute atomic E-state index is 13.2. The average molecular weight is 488 g/mol. The molecule has 0 radical (unpaired) electrons. The van der Waals surface area contributed by atoms with E-state index in [4.69, 9.17) is 9.47 Å². The summed E-state index contributed by atoms with van der Waals surface area (Å²) < 4.78 is 24.0. The molecule has 1 atom stereocenters. The maximum atomic E-state index is 13.2. The number of nitrogens with zero attached hydrogens (tertiary/aromatic N) is 2. The number of pyridine rings is 1. The molecule has 0 fully saturated rings. The van der Waals surface area contributed by atoms with Gasteiger partial charge in [0.2, 0.25) is 5.88 Å². The summed E-state index contributed by atoms with van der Waals surface area (Å²) in [7, 11) is 1.58. The molecular formula is C19H26FIN4O2. The van der Waals surface area contributed by atoms with E-state index in [9.17, 15) is 4.39 Å². The van der Waals surface area contributed by atoms with Crippen LogP contribution in [0.1, 0.15) is 19.4 Å². The smallest absolute Gasteiger partial charge is 0.212 e. The molecule has 1 aromatic carbocycles. The van der Waals surface area contributed by atoms with E-state index in [-0.39, 0.29) is 35.9 Å². The number of aromatic nitrogens is 1. The van der Waals surface area contributed by atoms with E-state index in [1.807, 2.05) is 19.9 Å². The minimum atomic E-state index is -0.314. The number of ether oxygens (including phenoxy) is 2. The molecule has 0 aliphatic carbocycles. The Kier molecular flexibility index (Phi) is 10.5. The van der Waals surface area contributed by atoms with Crippen LogP contribution in [0.4, 0.5) is 4.39 Å². The van der Waals surface area contributed by atoms with Crippen molar-refractivity contribution in [2.24, 2.45) is 4.99 Å². The Bertz CT molecular complexity index is 713. The van der Waals surface area contributed by atoms with Crippen molar-refractivity contribution in [3.05, 3.63) is 54.0 Å². The number of hydrogen-bond donors (Lipinski definition) is 2. The zero-order chi connectivity index (χ0) is 18.8. The first-order valence-corrected chi connectivity index (χ1v) is 8.54. The van der Waals surface area contributed by atoms with Crippen molar-refractivity contribution in [3.63, 3.8) is 0 Å². The van der Waals surface area contributed by atoms with Crippen LogP contribution in [-0.2, 0) is 6.54 Å². The van der Waals surface area contributed by atoms with Crippen molar-refractivity contribution in [3.8, 4) is 11.6 Å². The van der Waals surface area contributed by atoms with Crippen LogP contribution in [0.2, 0.25) is 0 Å². The monoisotopic (exact) mass is 488 g/mol. The molecule has 0 saturated carbocycles. The number of nitrogens with one attached hydrogen (secondary N) is 2. The fraction of sp³-hybridized carbons (Fsp3) is 0.368. The lowest BCUT2D eigenvalue weighted by atomic mass is 10.3. The summed E-state index contributed by atoms with van der Waals surface area (Å²) in [5.41, 5.74) is 0.979. The van der Waals surface area contributed by atoms with Gasteiger partial charge in [-0.3, -0.25) is 0 Å². The van der Waals surface area contributed by atoms with Crippen LogP contribution in [0.15, 0.2) is 47.6 Å². The second-order valence-corrected chi connectivity index (χ2v) is 5.67. The lowest BCUT2D eigenvalue weighted by molar-refractivity contribution is 0.223. The van der Waals surface area contributed by atoms with Gasteiger partial charge in [0.25, 0.3) is 0 Å². The first-order chi connectivity index (χ1) is 12.6.